The first-order valence-corrected chi connectivity index (χ1v) is 13.9. The Morgan fingerprint density at radius 3 is 2.67 bits per heavy atom. The molecule has 40 heavy (non-hydrogen) atoms. The number of methoxy groups -OCH3 is 1. The summed E-state index contributed by atoms with van der Waals surface area (Å²) in [6.45, 7) is 2.72. The van der Waals surface area contributed by atoms with Crippen LogP contribution in [0.15, 0.2) is 60.9 Å². The molecule has 3 heterocycles. The second kappa shape index (κ2) is 12.6. The van der Waals surface area contributed by atoms with Crippen LogP contribution >= 0.6 is 0 Å². The number of ether oxygens (including phenoxy) is 1. The number of anilines is 1. The molecular weight excluding hydrogens is 507 g/mol. The average molecular weight is 545 g/mol. The zero-order chi connectivity index (χ0) is 28.1. The van der Waals surface area contributed by atoms with Crippen LogP contribution in [0.25, 0.3) is 22.0 Å². The zero-order valence-electron chi connectivity index (χ0n) is 22.9. The van der Waals surface area contributed by atoms with Crippen molar-refractivity contribution in [2.75, 3.05) is 32.5 Å². The normalized spacial score (nSPS) is 16.4. The molecule has 1 fully saturated rings. The van der Waals surface area contributed by atoms with Crippen LogP contribution in [-0.2, 0) is 22.5 Å². The SMILES string of the molecule is COCCCn1c(C2CCCN(C(=O)CC(N)Cc3ccc(-c4cnc(N)nc4)cc3)C2)cc2c(F)cccc21. The maximum atomic E-state index is 14.7. The molecule has 0 radical (unpaired) electrons. The van der Waals surface area contributed by atoms with Gasteiger partial charge in [-0.05, 0) is 55.0 Å². The molecule has 2 unspecified atom stereocenters. The largest absolute Gasteiger partial charge is 0.385 e. The predicted molar refractivity (Wildman–Crippen MR) is 155 cm³/mol. The van der Waals surface area contributed by atoms with Crippen LogP contribution in [0.3, 0.4) is 0 Å². The molecule has 5 rings (SSSR count). The Kier molecular flexibility index (Phi) is 8.72. The van der Waals surface area contributed by atoms with Crippen molar-refractivity contribution in [3.05, 3.63) is 78.0 Å². The standard InChI is InChI=1S/C31H37FN6O2/c1-40-14-4-13-38-28-7-2-6-27(32)26(28)17-29(38)23-5-3-12-37(20-23)30(39)16-25(33)15-21-8-10-22(11-9-21)24-18-35-31(34)36-19-24/h2,6-11,17-19,23,25H,3-5,12-16,20,33H2,1H3,(H2,34,35,36). The van der Waals surface area contributed by atoms with E-state index in [0.29, 0.717) is 25.0 Å². The van der Waals surface area contributed by atoms with E-state index in [4.69, 9.17) is 16.2 Å². The minimum absolute atomic E-state index is 0.0704. The summed E-state index contributed by atoms with van der Waals surface area (Å²) in [5, 5.41) is 0.635. The molecular formula is C31H37FN6O2. The molecule has 9 heteroatoms. The fraction of sp³-hybridized carbons (Fsp3) is 0.387. The van der Waals surface area contributed by atoms with Crippen molar-refractivity contribution in [3.63, 3.8) is 0 Å². The average Bonchev–Trinajstić information content (AvgIpc) is 3.34. The van der Waals surface area contributed by atoms with E-state index in [9.17, 15) is 9.18 Å². The van der Waals surface area contributed by atoms with Crippen molar-refractivity contribution in [1.29, 1.82) is 0 Å². The third-order valence-electron chi connectivity index (χ3n) is 7.74. The van der Waals surface area contributed by atoms with Crippen LogP contribution in [0.2, 0.25) is 0 Å². The van der Waals surface area contributed by atoms with E-state index in [0.717, 1.165) is 60.3 Å². The number of fused-ring (bicyclic) bond motifs is 1. The molecule has 2 aromatic heterocycles. The van der Waals surface area contributed by atoms with E-state index < -0.39 is 0 Å². The molecule has 2 atom stereocenters. The number of halogens is 1. The van der Waals surface area contributed by atoms with Gasteiger partial charge in [-0.3, -0.25) is 4.79 Å². The quantitative estimate of drug-likeness (QED) is 0.284. The van der Waals surface area contributed by atoms with Gasteiger partial charge in [-0.15, -0.1) is 0 Å². The molecule has 4 aromatic rings. The zero-order valence-corrected chi connectivity index (χ0v) is 22.9. The van der Waals surface area contributed by atoms with E-state index in [1.165, 1.54) is 6.07 Å². The van der Waals surface area contributed by atoms with Crippen LogP contribution in [0.1, 0.15) is 42.9 Å². The highest BCUT2D eigenvalue weighted by molar-refractivity contribution is 5.82. The highest BCUT2D eigenvalue weighted by Crippen LogP contribution is 2.33. The van der Waals surface area contributed by atoms with E-state index >= 15 is 0 Å². The highest BCUT2D eigenvalue weighted by atomic mass is 19.1. The van der Waals surface area contributed by atoms with Gasteiger partial charge in [0.25, 0.3) is 0 Å². The van der Waals surface area contributed by atoms with Crippen LogP contribution in [0.5, 0.6) is 0 Å². The minimum atomic E-state index is -0.284. The number of piperidine rings is 1. The van der Waals surface area contributed by atoms with Crippen LogP contribution in [-0.4, -0.2) is 58.2 Å². The fourth-order valence-electron chi connectivity index (χ4n) is 5.72. The molecule has 1 aliphatic heterocycles. The fourth-order valence-corrected chi connectivity index (χ4v) is 5.72. The molecule has 0 saturated carbocycles. The molecule has 4 N–H and O–H groups in total. The Morgan fingerprint density at radius 1 is 1.15 bits per heavy atom. The summed E-state index contributed by atoms with van der Waals surface area (Å²) in [4.78, 5) is 23.3. The summed E-state index contributed by atoms with van der Waals surface area (Å²) in [6.07, 6.45) is 6.99. The highest BCUT2D eigenvalue weighted by Gasteiger charge is 2.28. The first-order valence-electron chi connectivity index (χ1n) is 13.9. The van der Waals surface area contributed by atoms with Crippen molar-refractivity contribution in [1.82, 2.24) is 19.4 Å². The summed E-state index contributed by atoms with van der Waals surface area (Å²) < 4.78 is 22.1. The number of amides is 1. The van der Waals surface area contributed by atoms with Gasteiger partial charge in [0.2, 0.25) is 11.9 Å². The lowest BCUT2D eigenvalue weighted by atomic mass is 9.93. The van der Waals surface area contributed by atoms with Gasteiger partial charge >= 0.3 is 0 Å². The van der Waals surface area contributed by atoms with Gasteiger partial charge in [0.15, 0.2) is 0 Å². The first kappa shape index (κ1) is 27.7. The number of nitrogens with two attached hydrogens (primary N) is 2. The molecule has 2 aromatic carbocycles. The maximum Gasteiger partial charge on any atom is 0.224 e. The molecule has 0 spiro atoms. The summed E-state index contributed by atoms with van der Waals surface area (Å²) in [5.41, 5.74) is 17.0. The number of nitrogens with zero attached hydrogens (tertiary/aromatic N) is 4. The number of likely N-dealkylation sites (tertiary alicyclic amines) is 1. The predicted octanol–water partition coefficient (Wildman–Crippen LogP) is 4.52. The number of nitrogen functional groups attached to an aromatic ring is 1. The summed E-state index contributed by atoms with van der Waals surface area (Å²) >= 11 is 0. The number of carbonyl (C=O) groups excluding carboxylic acids is 1. The number of aromatic nitrogens is 3. The van der Waals surface area contributed by atoms with Crippen molar-refractivity contribution in [3.8, 4) is 11.1 Å². The lowest BCUT2D eigenvalue weighted by Crippen LogP contribution is -2.42. The van der Waals surface area contributed by atoms with Crippen LogP contribution in [0.4, 0.5) is 10.3 Å². The summed E-state index contributed by atoms with van der Waals surface area (Å²) in [5.74, 6) is 0.248. The molecule has 1 saturated heterocycles. The van der Waals surface area contributed by atoms with Crippen molar-refractivity contribution in [2.45, 2.75) is 50.6 Å². The number of carbonyl (C=O) groups is 1. The maximum absolute atomic E-state index is 14.7. The Balaban J connectivity index is 1.22. The van der Waals surface area contributed by atoms with Crippen molar-refractivity contribution < 1.29 is 13.9 Å². The monoisotopic (exact) mass is 544 g/mol. The molecule has 8 nitrogen and oxygen atoms in total. The summed E-state index contributed by atoms with van der Waals surface area (Å²) in [6, 6.07) is 15.0. The topological polar surface area (TPSA) is 112 Å². The van der Waals surface area contributed by atoms with Crippen LogP contribution < -0.4 is 11.5 Å². The summed E-state index contributed by atoms with van der Waals surface area (Å²) in [7, 11) is 1.69. The van der Waals surface area contributed by atoms with Gasteiger partial charge in [-0.1, -0.05) is 30.3 Å². The van der Waals surface area contributed by atoms with Crippen molar-refractivity contribution >= 4 is 22.8 Å². The third kappa shape index (κ3) is 6.32. The number of hydrogen-bond acceptors (Lipinski definition) is 6. The second-order valence-electron chi connectivity index (χ2n) is 10.6. The first-order chi connectivity index (χ1) is 19.4. The second-order valence-corrected chi connectivity index (χ2v) is 10.6. The van der Waals surface area contributed by atoms with E-state index in [1.807, 2.05) is 41.3 Å². The Bertz CT molecular complexity index is 1440. The molecule has 0 bridgehead atoms. The minimum Gasteiger partial charge on any atom is -0.385 e. The number of benzene rings is 2. The number of rotatable bonds is 10. The van der Waals surface area contributed by atoms with Gasteiger partial charge in [-0.2, -0.15) is 0 Å². The van der Waals surface area contributed by atoms with E-state index in [-0.39, 0.29) is 36.1 Å². The van der Waals surface area contributed by atoms with E-state index in [1.54, 1.807) is 25.6 Å². The lowest BCUT2D eigenvalue weighted by molar-refractivity contribution is -0.132. The number of hydrogen-bond donors (Lipinski definition) is 2. The van der Waals surface area contributed by atoms with Gasteiger partial charge in [-0.25, -0.2) is 14.4 Å². The molecule has 1 aliphatic rings. The van der Waals surface area contributed by atoms with Crippen LogP contribution in [0, 0.1) is 5.82 Å². The Labute approximate surface area is 234 Å². The van der Waals surface area contributed by atoms with Gasteiger partial charge in [0, 0.05) is 80.8 Å². The molecule has 0 aliphatic carbocycles. The Hall–Kier alpha value is -3.82. The lowest BCUT2D eigenvalue weighted by Gasteiger charge is -2.34. The van der Waals surface area contributed by atoms with Gasteiger partial charge in [0.1, 0.15) is 5.82 Å². The molecule has 1 amide bonds. The third-order valence-corrected chi connectivity index (χ3v) is 7.74. The van der Waals surface area contributed by atoms with Gasteiger partial charge < -0.3 is 25.7 Å². The smallest absolute Gasteiger partial charge is 0.224 e. The Morgan fingerprint density at radius 2 is 1.93 bits per heavy atom. The number of aryl methyl sites for hydroxylation is 1. The van der Waals surface area contributed by atoms with Gasteiger partial charge in [0.05, 0.1) is 5.52 Å². The van der Waals surface area contributed by atoms with Crippen molar-refractivity contribution in [2.24, 2.45) is 5.73 Å². The van der Waals surface area contributed by atoms with E-state index in [2.05, 4.69) is 14.5 Å². The molecule has 210 valence electrons.